The molecule has 1 fully saturated rings. The summed E-state index contributed by atoms with van der Waals surface area (Å²) in [4.78, 5) is 15.8. The molecule has 3 heterocycles. The first kappa shape index (κ1) is 14.1. The van der Waals surface area contributed by atoms with Gasteiger partial charge in [0.2, 0.25) is 0 Å². The van der Waals surface area contributed by atoms with Gasteiger partial charge in [0.25, 0.3) is 0 Å². The van der Waals surface area contributed by atoms with Crippen molar-refractivity contribution in [1.29, 1.82) is 0 Å². The van der Waals surface area contributed by atoms with Crippen molar-refractivity contribution < 1.29 is 0 Å². The number of rotatable bonds is 3. The van der Waals surface area contributed by atoms with Crippen LogP contribution in [0.1, 0.15) is 24.5 Å². The maximum Gasteiger partial charge on any atom is 0.147 e. The lowest BCUT2D eigenvalue weighted by Gasteiger charge is -2.26. The lowest BCUT2D eigenvalue weighted by molar-refractivity contribution is 0.495. The topological polar surface area (TPSA) is 59.7 Å². The molecule has 1 unspecified atom stereocenters. The third-order valence-electron chi connectivity index (χ3n) is 4.52. The predicted molar refractivity (Wildman–Crippen MR) is 89.4 cm³/mol. The molecular formula is C17H20N6. The number of anilines is 1. The molecular weight excluding hydrogens is 288 g/mol. The second-order valence-corrected chi connectivity index (χ2v) is 6.09. The highest BCUT2D eigenvalue weighted by molar-refractivity contribution is 5.89. The van der Waals surface area contributed by atoms with Crippen molar-refractivity contribution in [3.05, 3.63) is 42.2 Å². The lowest BCUT2D eigenvalue weighted by atomic mass is 10.2. The van der Waals surface area contributed by atoms with Gasteiger partial charge in [0.15, 0.2) is 0 Å². The Kier molecular flexibility index (Phi) is 3.44. The molecule has 0 bridgehead atoms. The van der Waals surface area contributed by atoms with E-state index in [1.54, 1.807) is 6.33 Å². The summed E-state index contributed by atoms with van der Waals surface area (Å²) in [5.74, 6) is 2.84. The van der Waals surface area contributed by atoms with E-state index in [9.17, 15) is 0 Å². The average molecular weight is 308 g/mol. The van der Waals surface area contributed by atoms with Gasteiger partial charge in [-0.2, -0.15) is 5.10 Å². The Bertz CT molecular complexity index is 835. The molecule has 0 saturated carbocycles. The molecule has 0 N–H and O–H groups in total. The zero-order chi connectivity index (χ0) is 15.8. The quantitative estimate of drug-likeness (QED) is 0.744. The number of nitrogens with zero attached hydrogens (tertiary/aromatic N) is 6. The van der Waals surface area contributed by atoms with Crippen LogP contribution < -0.4 is 4.90 Å². The first-order valence-electron chi connectivity index (χ1n) is 8.07. The Labute approximate surface area is 135 Å². The third-order valence-corrected chi connectivity index (χ3v) is 4.52. The van der Waals surface area contributed by atoms with Gasteiger partial charge in [-0.15, -0.1) is 0 Å². The summed E-state index contributed by atoms with van der Waals surface area (Å²) in [5.41, 5.74) is 0.996. The highest BCUT2D eigenvalue weighted by atomic mass is 15.4. The smallest absolute Gasteiger partial charge is 0.147 e. The van der Waals surface area contributed by atoms with E-state index in [-0.39, 0.29) is 0 Å². The molecule has 1 aliphatic heterocycles. The molecule has 1 aliphatic rings. The Hall–Kier alpha value is -2.50. The molecule has 4 rings (SSSR count). The number of para-hydroxylation sites is 1. The third kappa shape index (κ3) is 2.54. The van der Waals surface area contributed by atoms with Gasteiger partial charge in [0, 0.05) is 11.9 Å². The molecule has 0 amide bonds. The summed E-state index contributed by atoms with van der Waals surface area (Å²) in [6.07, 6.45) is 3.99. The van der Waals surface area contributed by atoms with Gasteiger partial charge in [-0.1, -0.05) is 12.1 Å². The molecule has 1 saturated heterocycles. The van der Waals surface area contributed by atoms with Gasteiger partial charge in [0.1, 0.15) is 23.8 Å². The molecule has 23 heavy (non-hydrogen) atoms. The molecule has 118 valence electrons. The number of hydrogen-bond acceptors (Lipinski definition) is 5. The highest BCUT2D eigenvalue weighted by Crippen LogP contribution is 2.30. The first-order valence-corrected chi connectivity index (χ1v) is 8.07. The van der Waals surface area contributed by atoms with Gasteiger partial charge in [0.05, 0.1) is 18.1 Å². The Morgan fingerprint density at radius 2 is 2.04 bits per heavy atom. The molecule has 2 aromatic heterocycles. The van der Waals surface area contributed by atoms with Crippen molar-refractivity contribution in [1.82, 2.24) is 24.7 Å². The summed E-state index contributed by atoms with van der Waals surface area (Å²) < 4.78 is 2.02. The van der Waals surface area contributed by atoms with Crippen LogP contribution in [0.3, 0.4) is 0 Å². The molecule has 1 aromatic carbocycles. The van der Waals surface area contributed by atoms with Crippen LogP contribution in [-0.4, -0.2) is 37.3 Å². The van der Waals surface area contributed by atoms with Crippen molar-refractivity contribution in [2.75, 3.05) is 11.4 Å². The average Bonchev–Trinajstić information content (AvgIpc) is 3.13. The molecule has 1 atom stereocenters. The maximum absolute atomic E-state index is 4.58. The number of aryl methyl sites for hydroxylation is 2. The predicted octanol–water partition coefficient (Wildman–Crippen LogP) is 2.51. The van der Waals surface area contributed by atoms with Crippen LogP contribution >= 0.6 is 0 Å². The van der Waals surface area contributed by atoms with Crippen LogP contribution in [0, 0.1) is 13.8 Å². The molecule has 0 radical (unpaired) electrons. The number of fused-ring (bicyclic) bond motifs is 1. The van der Waals surface area contributed by atoms with Crippen molar-refractivity contribution in [3.8, 4) is 0 Å². The summed E-state index contributed by atoms with van der Waals surface area (Å²) >= 11 is 0. The van der Waals surface area contributed by atoms with E-state index in [2.05, 4.69) is 31.0 Å². The van der Waals surface area contributed by atoms with Gasteiger partial charge >= 0.3 is 0 Å². The number of benzene rings is 1. The van der Waals surface area contributed by atoms with Crippen LogP contribution in [-0.2, 0) is 6.54 Å². The number of aromatic nitrogens is 5. The van der Waals surface area contributed by atoms with Crippen molar-refractivity contribution in [2.24, 2.45) is 0 Å². The first-order chi connectivity index (χ1) is 11.2. The zero-order valence-electron chi connectivity index (χ0n) is 13.5. The second-order valence-electron chi connectivity index (χ2n) is 6.09. The van der Waals surface area contributed by atoms with Crippen LogP contribution in [0.25, 0.3) is 10.9 Å². The fourth-order valence-corrected chi connectivity index (χ4v) is 3.46. The maximum atomic E-state index is 4.58. The minimum Gasteiger partial charge on any atom is -0.351 e. The van der Waals surface area contributed by atoms with Crippen molar-refractivity contribution >= 4 is 16.7 Å². The molecule has 6 heteroatoms. The minimum atomic E-state index is 0.396. The second kappa shape index (κ2) is 5.61. The van der Waals surface area contributed by atoms with E-state index < -0.39 is 0 Å². The summed E-state index contributed by atoms with van der Waals surface area (Å²) in [6, 6.07) is 8.60. The van der Waals surface area contributed by atoms with E-state index >= 15 is 0 Å². The Balaban J connectivity index is 1.68. The Morgan fingerprint density at radius 1 is 1.17 bits per heavy atom. The standard InChI is InChI=1S/C17H20N6/c1-12-20-13(2)23(21-12)10-14-6-5-9-22(14)17-15-7-3-4-8-16(15)18-11-19-17/h3-4,7-8,11,14H,5-6,9-10H2,1-2H3. The lowest BCUT2D eigenvalue weighted by Crippen LogP contribution is -2.34. The van der Waals surface area contributed by atoms with Crippen LogP contribution in [0.4, 0.5) is 5.82 Å². The van der Waals surface area contributed by atoms with E-state index in [0.717, 1.165) is 47.9 Å². The molecule has 6 nitrogen and oxygen atoms in total. The number of hydrogen-bond donors (Lipinski definition) is 0. The van der Waals surface area contributed by atoms with Crippen LogP contribution in [0.2, 0.25) is 0 Å². The normalized spacial score (nSPS) is 18.0. The molecule has 0 spiro atoms. The van der Waals surface area contributed by atoms with Gasteiger partial charge in [-0.25, -0.2) is 19.6 Å². The van der Waals surface area contributed by atoms with E-state index in [1.165, 1.54) is 6.42 Å². The van der Waals surface area contributed by atoms with Gasteiger partial charge < -0.3 is 4.90 Å². The largest absolute Gasteiger partial charge is 0.351 e. The minimum absolute atomic E-state index is 0.396. The molecule has 0 aliphatic carbocycles. The summed E-state index contributed by atoms with van der Waals surface area (Å²) in [6.45, 7) is 5.83. The van der Waals surface area contributed by atoms with E-state index in [0.29, 0.717) is 6.04 Å². The van der Waals surface area contributed by atoms with Gasteiger partial charge in [-0.05, 0) is 38.8 Å². The molecule has 3 aromatic rings. The van der Waals surface area contributed by atoms with Crippen LogP contribution in [0.15, 0.2) is 30.6 Å². The van der Waals surface area contributed by atoms with Crippen molar-refractivity contribution in [3.63, 3.8) is 0 Å². The SMILES string of the molecule is Cc1nc(C)n(CC2CCCN2c2ncnc3ccccc23)n1. The summed E-state index contributed by atoms with van der Waals surface area (Å²) in [7, 11) is 0. The fraction of sp³-hybridized carbons (Fsp3) is 0.412. The summed E-state index contributed by atoms with van der Waals surface area (Å²) in [5, 5.41) is 5.63. The van der Waals surface area contributed by atoms with Gasteiger partial charge in [-0.3, -0.25) is 0 Å². The zero-order valence-corrected chi connectivity index (χ0v) is 13.5. The highest BCUT2D eigenvalue weighted by Gasteiger charge is 2.28. The monoisotopic (exact) mass is 308 g/mol. The van der Waals surface area contributed by atoms with Crippen LogP contribution in [0.5, 0.6) is 0 Å². The van der Waals surface area contributed by atoms with Crippen molar-refractivity contribution in [2.45, 2.75) is 39.3 Å². The van der Waals surface area contributed by atoms with E-state index in [4.69, 9.17) is 0 Å². The van der Waals surface area contributed by atoms with E-state index in [1.807, 2.05) is 36.7 Å². The Morgan fingerprint density at radius 3 is 2.87 bits per heavy atom. The fourth-order valence-electron chi connectivity index (χ4n) is 3.46.